The second kappa shape index (κ2) is 8.59. The van der Waals surface area contributed by atoms with Gasteiger partial charge in [-0.3, -0.25) is 9.59 Å². The number of ether oxygens (including phenoxy) is 1. The molecule has 5 N–H and O–H groups in total. The quantitative estimate of drug-likeness (QED) is 0.291. The summed E-state index contributed by atoms with van der Waals surface area (Å²) in [4.78, 5) is 33.6. The fourth-order valence-electron chi connectivity index (χ4n) is 3.78. The van der Waals surface area contributed by atoms with Gasteiger partial charge in [-0.15, -0.1) is 0 Å². The van der Waals surface area contributed by atoms with E-state index in [-0.39, 0.29) is 12.8 Å². The molecule has 160 valence electrons. The van der Waals surface area contributed by atoms with Crippen LogP contribution in [0.25, 0.3) is 0 Å². The monoisotopic (exact) mass is 402 g/mol. The molecule has 1 fully saturated rings. The summed E-state index contributed by atoms with van der Waals surface area (Å²) in [5, 5.41) is 48.1. The van der Waals surface area contributed by atoms with Gasteiger partial charge in [-0.2, -0.15) is 0 Å². The number of hydrogen-bond donors (Lipinski definition) is 5. The van der Waals surface area contributed by atoms with Gasteiger partial charge in [-0.1, -0.05) is 26.8 Å². The summed E-state index contributed by atoms with van der Waals surface area (Å²) in [6.07, 6.45) is -0.517. The van der Waals surface area contributed by atoms with Crippen LogP contribution in [0.2, 0.25) is 0 Å². The summed E-state index contributed by atoms with van der Waals surface area (Å²) < 4.78 is 5.40. The maximum Gasteiger partial charge on any atom is 0.336 e. The summed E-state index contributed by atoms with van der Waals surface area (Å²) in [6.45, 7) is 6.44. The molecule has 9 nitrogen and oxygen atoms in total. The van der Waals surface area contributed by atoms with Crippen molar-refractivity contribution in [2.45, 2.75) is 76.8 Å². The number of carboxylic acid groups (broad SMARTS) is 2. The molecule has 9 heteroatoms. The van der Waals surface area contributed by atoms with Crippen molar-refractivity contribution in [3.05, 3.63) is 12.2 Å². The Balaban J connectivity index is 2.84. The van der Waals surface area contributed by atoms with Crippen molar-refractivity contribution in [1.82, 2.24) is 0 Å². The number of carbonyl (C=O) groups is 3. The zero-order valence-corrected chi connectivity index (χ0v) is 16.6. The van der Waals surface area contributed by atoms with E-state index in [0.717, 1.165) is 6.08 Å². The highest BCUT2D eigenvalue weighted by molar-refractivity contribution is 5.74. The second-order valence-corrected chi connectivity index (χ2v) is 8.55. The Hall–Kier alpha value is -1.97. The lowest BCUT2D eigenvalue weighted by atomic mass is 9.59. The summed E-state index contributed by atoms with van der Waals surface area (Å²) in [7, 11) is 0. The minimum atomic E-state index is -1.74. The highest BCUT2D eigenvalue weighted by atomic mass is 16.5. The van der Waals surface area contributed by atoms with Crippen LogP contribution < -0.4 is 0 Å². The van der Waals surface area contributed by atoms with Crippen LogP contribution in [0.1, 0.15) is 53.4 Å². The van der Waals surface area contributed by atoms with Crippen molar-refractivity contribution < 1.29 is 44.7 Å². The van der Waals surface area contributed by atoms with Crippen LogP contribution in [0.4, 0.5) is 0 Å². The van der Waals surface area contributed by atoms with Gasteiger partial charge in [0.05, 0.1) is 24.0 Å². The first-order valence-electron chi connectivity index (χ1n) is 9.06. The molecular formula is C19H30O9. The Bertz CT molecular complexity index is 637. The van der Waals surface area contributed by atoms with Crippen molar-refractivity contribution in [2.75, 3.05) is 0 Å². The predicted molar refractivity (Wildman–Crippen MR) is 97.3 cm³/mol. The van der Waals surface area contributed by atoms with Gasteiger partial charge in [0.2, 0.25) is 0 Å². The molecule has 0 bridgehead atoms. The maximum absolute atomic E-state index is 12.1. The number of carbonyl (C=O) groups excluding carboxylic acids is 1. The molecule has 0 aliphatic heterocycles. The third-order valence-electron chi connectivity index (χ3n) is 5.33. The zero-order chi connectivity index (χ0) is 21.9. The first-order chi connectivity index (χ1) is 12.6. The van der Waals surface area contributed by atoms with E-state index in [4.69, 9.17) is 14.9 Å². The van der Waals surface area contributed by atoms with Crippen LogP contribution in [0.5, 0.6) is 0 Å². The number of aliphatic hydroxyl groups excluding tert-OH is 1. The van der Waals surface area contributed by atoms with Gasteiger partial charge in [-0.25, -0.2) is 4.79 Å². The summed E-state index contributed by atoms with van der Waals surface area (Å²) in [5.41, 5.74) is -3.97. The molecule has 0 saturated heterocycles. The average Bonchev–Trinajstić information content (AvgIpc) is 2.47. The standard InChI is InChI=1S/C19H30O9/c1-11-7-12(28-15(23)10-18(4,26)9-14(21)22)8-17(2,3)19(11,27)6-5-13(20)16(24)25/h5-6,11-13,20,26-27H,7-10H2,1-4H3,(H,21,22)(H,24,25)/b6-5+. The van der Waals surface area contributed by atoms with E-state index in [1.807, 2.05) is 0 Å². The van der Waals surface area contributed by atoms with Crippen molar-refractivity contribution in [2.24, 2.45) is 11.3 Å². The third-order valence-corrected chi connectivity index (χ3v) is 5.33. The summed E-state index contributed by atoms with van der Waals surface area (Å²) in [6, 6.07) is 0. The molecule has 5 atom stereocenters. The van der Waals surface area contributed by atoms with Crippen molar-refractivity contribution in [3.8, 4) is 0 Å². The Kier molecular flexibility index (Phi) is 7.38. The van der Waals surface area contributed by atoms with Gasteiger partial charge in [0, 0.05) is 5.41 Å². The number of esters is 1. The Morgan fingerprint density at radius 2 is 1.82 bits per heavy atom. The van der Waals surface area contributed by atoms with Crippen LogP contribution in [-0.4, -0.2) is 66.9 Å². The molecule has 0 aromatic heterocycles. The highest BCUT2D eigenvalue weighted by Gasteiger charge is 2.52. The summed E-state index contributed by atoms with van der Waals surface area (Å²) >= 11 is 0. The normalized spacial score (nSPS) is 30.4. The second-order valence-electron chi connectivity index (χ2n) is 8.55. The smallest absolute Gasteiger partial charge is 0.336 e. The molecule has 0 spiro atoms. The number of aliphatic hydroxyl groups is 3. The van der Waals surface area contributed by atoms with Gasteiger partial charge in [-0.05, 0) is 31.8 Å². The van der Waals surface area contributed by atoms with E-state index in [9.17, 15) is 29.7 Å². The Morgan fingerprint density at radius 1 is 1.25 bits per heavy atom. The Morgan fingerprint density at radius 3 is 2.29 bits per heavy atom. The van der Waals surface area contributed by atoms with Gasteiger partial charge in [0.15, 0.2) is 6.10 Å². The van der Waals surface area contributed by atoms with E-state index in [1.165, 1.54) is 13.0 Å². The van der Waals surface area contributed by atoms with Crippen molar-refractivity contribution >= 4 is 17.9 Å². The molecule has 0 aromatic rings. The minimum absolute atomic E-state index is 0.258. The van der Waals surface area contributed by atoms with Gasteiger partial charge >= 0.3 is 17.9 Å². The zero-order valence-electron chi connectivity index (χ0n) is 16.6. The maximum atomic E-state index is 12.1. The molecule has 28 heavy (non-hydrogen) atoms. The average molecular weight is 402 g/mol. The topological polar surface area (TPSA) is 162 Å². The molecule has 5 unspecified atom stereocenters. The van der Waals surface area contributed by atoms with Crippen molar-refractivity contribution in [1.29, 1.82) is 0 Å². The number of rotatable bonds is 8. The van der Waals surface area contributed by atoms with Gasteiger partial charge in [0.25, 0.3) is 0 Å². The fraction of sp³-hybridized carbons (Fsp3) is 0.737. The molecule has 0 amide bonds. The van der Waals surface area contributed by atoms with Gasteiger partial charge < -0.3 is 30.3 Å². The fourth-order valence-corrected chi connectivity index (χ4v) is 3.78. The lowest BCUT2D eigenvalue weighted by Gasteiger charge is -2.51. The number of aliphatic carboxylic acids is 2. The highest BCUT2D eigenvalue weighted by Crippen LogP contribution is 2.49. The lowest BCUT2D eigenvalue weighted by molar-refractivity contribution is -0.172. The molecule has 0 radical (unpaired) electrons. The molecule has 1 aliphatic carbocycles. The molecule has 1 aliphatic rings. The van der Waals surface area contributed by atoms with Crippen LogP contribution in [0.3, 0.4) is 0 Å². The minimum Gasteiger partial charge on any atom is -0.481 e. The Labute approximate surface area is 163 Å². The van der Waals surface area contributed by atoms with E-state index in [2.05, 4.69) is 0 Å². The van der Waals surface area contributed by atoms with Crippen LogP contribution in [0.15, 0.2) is 12.2 Å². The summed E-state index contributed by atoms with van der Waals surface area (Å²) in [5.74, 6) is -3.82. The molecular weight excluding hydrogens is 372 g/mol. The molecule has 1 saturated carbocycles. The van der Waals surface area contributed by atoms with Crippen LogP contribution in [0, 0.1) is 11.3 Å². The number of hydrogen-bond acceptors (Lipinski definition) is 7. The molecule has 0 aromatic carbocycles. The first-order valence-corrected chi connectivity index (χ1v) is 9.06. The third kappa shape index (κ3) is 6.02. The predicted octanol–water partition coefficient (Wildman–Crippen LogP) is 0.703. The van der Waals surface area contributed by atoms with E-state index < -0.39 is 65.5 Å². The van der Waals surface area contributed by atoms with E-state index in [1.54, 1.807) is 20.8 Å². The largest absolute Gasteiger partial charge is 0.481 e. The van der Waals surface area contributed by atoms with Crippen LogP contribution >= 0.6 is 0 Å². The molecule has 0 heterocycles. The van der Waals surface area contributed by atoms with E-state index in [0.29, 0.717) is 0 Å². The molecule has 1 rings (SSSR count). The number of carboxylic acids is 2. The van der Waals surface area contributed by atoms with Crippen molar-refractivity contribution in [3.63, 3.8) is 0 Å². The van der Waals surface area contributed by atoms with E-state index >= 15 is 0 Å². The SMILES string of the molecule is CC1CC(OC(=O)CC(C)(O)CC(=O)O)CC(C)(C)C1(O)/C=C/C(O)C(=O)O. The van der Waals surface area contributed by atoms with Gasteiger partial charge in [0.1, 0.15) is 6.10 Å². The first kappa shape index (κ1) is 24.1. The van der Waals surface area contributed by atoms with Crippen LogP contribution in [-0.2, 0) is 19.1 Å². The lowest BCUT2D eigenvalue weighted by Crippen LogP contribution is -2.55.